The lowest BCUT2D eigenvalue weighted by molar-refractivity contribution is -0.00320. The molecule has 1 saturated carbocycles. The van der Waals surface area contributed by atoms with Crippen LogP contribution >= 0.6 is 15.9 Å². The molecule has 37 heavy (non-hydrogen) atoms. The zero-order valence-electron chi connectivity index (χ0n) is 22.0. The molecule has 0 unspecified atom stereocenters. The van der Waals surface area contributed by atoms with Crippen molar-refractivity contribution >= 4 is 28.0 Å². The number of aryl methyl sites for hydroxylation is 1. The second-order valence-corrected chi connectivity index (χ2v) is 11.7. The van der Waals surface area contributed by atoms with Crippen LogP contribution in [0.5, 0.6) is 5.75 Å². The van der Waals surface area contributed by atoms with Crippen LogP contribution in [0.25, 0.3) is 0 Å². The molecule has 10 heteroatoms. The lowest BCUT2D eigenvalue weighted by Crippen LogP contribution is -2.55. The minimum absolute atomic E-state index is 0.0187. The van der Waals surface area contributed by atoms with Gasteiger partial charge in [-0.25, -0.2) is 14.6 Å². The van der Waals surface area contributed by atoms with Crippen LogP contribution < -0.4 is 4.74 Å². The molecule has 0 radical (unpaired) electrons. The number of amides is 1. The van der Waals surface area contributed by atoms with E-state index in [1.807, 2.05) is 40.0 Å². The van der Waals surface area contributed by atoms with E-state index in [-0.39, 0.29) is 17.8 Å². The molecule has 1 aliphatic heterocycles. The number of rotatable bonds is 7. The van der Waals surface area contributed by atoms with Crippen molar-refractivity contribution in [2.45, 2.75) is 71.1 Å². The van der Waals surface area contributed by atoms with Crippen molar-refractivity contribution in [3.05, 3.63) is 51.5 Å². The smallest absolute Gasteiger partial charge is 0.410 e. The van der Waals surface area contributed by atoms with E-state index in [0.717, 1.165) is 5.69 Å². The fourth-order valence-corrected chi connectivity index (χ4v) is 4.89. The maximum Gasteiger partial charge on any atom is 0.410 e. The van der Waals surface area contributed by atoms with Crippen LogP contribution in [0.3, 0.4) is 0 Å². The molecular formula is C27H35BrN4O5. The summed E-state index contributed by atoms with van der Waals surface area (Å²) in [6.45, 7) is 11.7. The third-order valence-corrected chi connectivity index (χ3v) is 7.13. The molecule has 3 heterocycles. The second kappa shape index (κ2) is 10.9. The Labute approximate surface area is 226 Å². The standard InChI is InChI=1S/C27H35BrN4O5/c1-16-12-21(24(28)30-23(16)25(33)34)36-22(20-9-8-19(13-29-20)18-6-7-18)15-31-10-11-32(17(2)14-31)26(35)37-27(3,4)5/h8-9,12-13,17-18,22H,6-7,10-11,14-15H2,1-5H3,(H,33,34)/t17-,22-/m1/s1. The van der Waals surface area contributed by atoms with Gasteiger partial charge in [-0.05, 0) is 92.6 Å². The van der Waals surface area contributed by atoms with Gasteiger partial charge in [-0.1, -0.05) is 6.07 Å². The predicted octanol–water partition coefficient (Wildman–Crippen LogP) is 5.18. The summed E-state index contributed by atoms with van der Waals surface area (Å²) in [5, 5.41) is 9.40. The maximum absolute atomic E-state index is 12.6. The summed E-state index contributed by atoms with van der Waals surface area (Å²) in [6.07, 6.45) is 3.62. The predicted molar refractivity (Wildman–Crippen MR) is 142 cm³/mol. The van der Waals surface area contributed by atoms with E-state index in [4.69, 9.17) is 14.5 Å². The molecule has 2 aliphatic rings. The summed E-state index contributed by atoms with van der Waals surface area (Å²) in [7, 11) is 0. The van der Waals surface area contributed by atoms with Crippen LogP contribution in [0, 0.1) is 6.92 Å². The molecule has 9 nitrogen and oxygen atoms in total. The van der Waals surface area contributed by atoms with Gasteiger partial charge in [0.05, 0.1) is 5.69 Å². The average Bonchev–Trinajstić information content (AvgIpc) is 3.65. The molecule has 4 rings (SSSR count). The summed E-state index contributed by atoms with van der Waals surface area (Å²) in [5.41, 5.74) is 1.99. The third kappa shape index (κ3) is 6.98. The molecule has 1 saturated heterocycles. The number of carboxylic acid groups (broad SMARTS) is 1. The van der Waals surface area contributed by atoms with Gasteiger partial charge in [-0.2, -0.15) is 0 Å². The van der Waals surface area contributed by atoms with Crippen molar-refractivity contribution in [3.8, 4) is 5.75 Å². The number of carbonyl (C=O) groups excluding carboxylic acids is 1. The Morgan fingerprint density at radius 3 is 2.54 bits per heavy atom. The molecule has 0 aromatic carbocycles. The molecule has 2 atom stereocenters. The fourth-order valence-electron chi connectivity index (χ4n) is 4.50. The molecule has 2 aromatic rings. The van der Waals surface area contributed by atoms with Crippen LogP contribution in [0.15, 0.2) is 29.0 Å². The lowest BCUT2D eigenvalue weighted by Gasteiger charge is -2.41. The minimum Gasteiger partial charge on any atom is -0.480 e. The molecule has 0 bridgehead atoms. The van der Waals surface area contributed by atoms with Gasteiger partial charge < -0.3 is 19.5 Å². The number of carbonyl (C=O) groups is 2. The van der Waals surface area contributed by atoms with Crippen LogP contribution in [0.2, 0.25) is 0 Å². The fraction of sp³-hybridized carbons (Fsp3) is 0.556. The van der Waals surface area contributed by atoms with Crippen molar-refractivity contribution in [2.24, 2.45) is 0 Å². The van der Waals surface area contributed by atoms with E-state index >= 15 is 0 Å². The summed E-state index contributed by atoms with van der Waals surface area (Å²) >= 11 is 3.38. The Morgan fingerprint density at radius 1 is 1.24 bits per heavy atom. The summed E-state index contributed by atoms with van der Waals surface area (Å²) in [5.74, 6) is -0.0243. The van der Waals surface area contributed by atoms with Gasteiger partial charge in [0.15, 0.2) is 17.5 Å². The number of nitrogens with zero attached hydrogens (tertiary/aromatic N) is 4. The van der Waals surface area contributed by atoms with E-state index in [1.165, 1.54) is 18.4 Å². The van der Waals surface area contributed by atoms with E-state index < -0.39 is 17.7 Å². The largest absolute Gasteiger partial charge is 0.480 e. The van der Waals surface area contributed by atoms with Gasteiger partial charge in [-0.3, -0.25) is 9.88 Å². The number of aromatic carboxylic acids is 1. The van der Waals surface area contributed by atoms with E-state index in [1.54, 1.807) is 17.9 Å². The molecule has 1 aliphatic carbocycles. The summed E-state index contributed by atoms with van der Waals surface area (Å²) in [4.78, 5) is 37.1. The Balaban J connectivity index is 1.52. The van der Waals surface area contributed by atoms with Gasteiger partial charge in [0, 0.05) is 38.4 Å². The normalized spacial score (nSPS) is 19.4. The highest BCUT2D eigenvalue weighted by Crippen LogP contribution is 2.40. The monoisotopic (exact) mass is 574 g/mol. The molecule has 1 amide bonds. The number of aromatic nitrogens is 2. The van der Waals surface area contributed by atoms with Crippen LogP contribution in [-0.2, 0) is 4.74 Å². The quantitative estimate of drug-likeness (QED) is 0.451. The highest BCUT2D eigenvalue weighted by atomic mass is 79.9. The van der Waals surface area contributed by atoms with Crippen molar-refractivity contribution < 1.29 is 24.2 Å². The Bertz CT molecular complexity index is 1150. The van der Waals surface area contributed by atoms with Crippen molar-refractivity contribution in [2.75, 3.05) is 26.2 Å². The van der Waals surface area contributed by atoms with Crippen LogP contribution in [0.4, 0.5) is 4.79 Å². The number of piperazine rings is 1. The van der Waals surface area contributed by atoms with E-state index in [0.29, 0.717) is 48.0 Å². The van der Waals surface area contributed by atoms with Gasteiger partial charge in [0.2, 0.25) is 0 Å². The van der Waals surface area contributed by atoms with Crippen LogP contribution in [0.1, 0.15) is 79.9 Å². The topological polar surface area (TPSA) is 105 Å². The highest BCUT2D eigenvalue weighted by molar-refractivity contribution is 9.10. The molecule has 1 N–H and O–H groups in total. The minimum atomic E-state index is -1.09. The molecular weight excluding hydrogens is 540 g/mol. The average molecular weight is 576 g/mol. The number of pyridine rings is 2. The third-order valence-electron chi connectivity index (χ3n) is 6.56. The van der Waals surface area contributed by atoms with Crippen molar-refractivity contribution in [1.29, 1.82) is 0 Å². The molecule has 2 fully saturated rings. The first-order chi connectivity index (χ1) is 17.4. The first-order valence-electron chi connectivity index (χ1n) is 12.7. The zero-order chi connectivity index (χ0) is 26.9. The first kappa shape index (κ1) is 27.3. The molecule has 0 spiro atoms. The van der Waals surface area contributed by atoms with Crippen LogP contribution in [-0.4, -0.2) is 74.8 Å². The van der Waals surface area contributed by atoms with Crippen molar-refractivity contribution in [1.82, 2.24) is 19.8 Å². The number of ether oxygens (including phenoxy) is 2. The van der Waals surface area contributed by atoms with E-state index in [9.17, 15) is 14.7 Å². The van der Waals surface area contributed by atoms with Crippen molar-refractivity contribution in [3.63, 3.8) is 0 Å². The Morgan fingerprint density at radius 2 is 1.97 bits per heavy atom. The second-order valence-electron chi connectivity index (χ2n) is 10.9. The number of hydrogen-bond donors (Lipinski definition) is 1. The maximum atomic E-state index is 12.6. The van der Waals surface area contributed by atoms with Gasteiger partial charge in [0.25, 0.3) is 0 Å². The SMILES string of the molecule is Cc1cc(O[C@H](CN2CCN(C(=O)OC(C)(C)C)[C@H](C)C2)c2ccc(C3CC3)cn2)c(Br)nc1C(=O)O. The van der Waals surface area contributed by atoms with E-state index in [2.05, 4.69) is 31.9 Å². The Hall–Kier alpha value is -2.72. The summed E-state index contributed by atoms with van der Waals surface area (Å²) < 4.78 is 12.3. The number of hydrogen-bond acceptors (Lipinski definition) is 7. The number of carboxylic acids is 1. The first-order valence-corrected chi connectivity index (χ1v) is 13.5. The molecule has 200 valence electrons. The Kier molecular flexibility index (Phi) is 8.08. The summed E-state index contributed by atoms with van der Waals surface area (Å²) in [6, 6.07) is 5.79. The highest BCUT2D eigenvalue weighted by Gasteiger charge is 2.33. The number of halogens is 1. The molecule has 2 aromatic heterocycles. The lowest BCUT2D eigenvalue weighted by atomic mass is 10.1. The van der Waals surface area contributed by atoms with Gasteiger partial charge >= 0.3 is 12.1 Å². The zero-order valence-corrected chi connectivity index (χ0v) is 23.6. The van der Waals surface area contributed by atoms with Gasteiger partial charge in [-0.15, -0.1) is 0 Å². The van der Waals surface area contributed by atoms with Gasteiger partial charge in [0.1, 0.15) is 10.2 Å².